The number of carboxylic acid groups (broad SMARTS) is 1. The van der Waals surface area contributed by atoms with E-state index >= 15 is 0 Å². The minimum Gasteiger partial charge on any atom is -0.476 e. The van der Waals surface area contributed by atoms with Crippen molar-refractivity contribution in [3.63, 3.8) is 0 Å². The number of halogens is 6. The molecule has 0 unspecified atom stereocenters. The van der Waals surface area contributed by atoms with Gasteiger partial charge in [-0.1, -0.05) is 24.3 Å². The molecule has 2 aromatic carbocycles. The van der Waals surface area contributed by atoms with E-state index < -0.39 is 47.8 Å². The monoisotopic (exact) mass is 566 g/mol. The largest absolute Gasteiger partial charge is 0.476 e. The van der Waals surface area contributed by atoms with Gasteiger partial charge in [0.1, 0.15) is 0 Å². The highest BCUT2D eigenvalue weighted by Gasteiger charge is 2.33. The Morgan fingerprint density at radius 2 is 1.48 bits per heavy atom. The molecule has 1 aliphatic rings. The van der Waals surface area contributed by atoms with Gasteiger partial charge >= 0.3 is 18.3 Å². The summed E-state index contributed by atoms with van der Waals surface area (Å²) >= 11 is 0. The highest BCUT2D eigenvalue weighted by atomic mass is 19.4. The van der Waals surface area contributed by atoms with Gasteiger partial charge in [0.05, 0.1) is 36.5 Å². The summed E-state index contributed by atoms with van der Waals surface area (Å²) in [5.41, 5.74) is -1.20. The molecule has 8 nitrogen and oxygen atoms in total. The lowest BCUT2D eigenvalue weighted by atomic mass is 10.00. The lowest BCUT2D eigenvalue weighted by molar-refractivity contribution is -0.138. The Bertz CT molecular complexity index is 1460. The van der Waals surface area contributed by atoms with Gasteiger partial charge in [-0.15, -0.1) is 0 Å². The van der Waals surface area contributed by atoms with E-state index in [9.17, 15) is 45.8 Å². The summed E-state index contributed by atoms with van der Waals surface area (Å²) in [7, 11) is 0. The molecule has 0 bridgehead atoms. The lowest BCUT2D eigenvalue weighted by Crippen LogP contribution is -2.43. The summed E-state index contributed by atoms with van der Waals surface area (Å²) in [6.07, 6.45) is -6.72. The smallest absolute Gasteiger partial charge is 0.416 e. The summed E-state index contributed by atoms with van der Waals surface area (Å²) in [4.78, 5) is 38.1. The fourth-order valence-electron chi connectivity index (χ4n) is 4.10. The van der Waals surface area contributed by atoms with Crippen LogP contribution in [0.5, 0.6) is 0 Å². The molecule has 210 valence electrons. The number of benzene rings is 2. The number of hydrogen-bond donors (Lipinski definition) is 2. The molecule has 0 fully saturated rings. The van der Waals surface area contributed by atoms with Crippen molar-refractivity contribution in [3.05, 3.63) is 82.7 Å². The Morgan fingerprint density at radius 3 is 2.02 bits per heavy atom. The van der Waals surface area contributed by atoms with Crippen molar-refractivity contribution in [1.82, 2.24) is 20.0 Å². The molecule has 1 aromatic heterocycles. The van der Waals surface area contributed by atoms with Crippen molar-refractivity contribution in [1.29, 1.82) is 0 Å². The van der Waals surface area contributed by atoms with Crippen molar-refractivity contribution in [2.75, 3.05) is 13.1 Å². The third-order valence-electron chi connectivity index (χ3n) is 6.12. The number of fused-ring (bicyclic) bond motifs is 1. The highest BCUT2D eigenvalue weighted by Crippen LogP contribution is 2.34. The number of carboxylic acids is 1. The second-order valence-corrected chi connectivity index (χ2v) is 8.76. The van der Waals surface area contributed by atoms with E-state index in [4.69, 9.17) is 0 Å². The van der Waals surface area contributed by atoms with Crippen LogP contribution in [0.15, 0.2) is 54.6 Å². The van der Waals surface area contributed by atoms with Gasteiger partial charge in [-0.05, 0) is 41.5 Å². The standard InChI is InChI=1S/C26H20F6N4O4/c27-25(28,29)17-6-1-15(2-7-17)3-10-20(37)33-13-21(38)35-11-12-36-19(14-35)22(23(34-36)24(39)40)16-4-8-18(9-5-16)26(30,31)32/h1-10H,11-14H2,(H,33,37)(H,39,40)/b10-3+. The van der Waals surface area contributed by atoms with Crippen molar-refractivity contribution in [3.8, 4) is 11.1 Å². The van der Waals surface area contributed by atoms with Crippen LogP contribution in [0.4, 0.5) is 26.3 Å². The zero-order valence-electron chi connectivity index (χ0n) is 20.4. The van der Waals surface area contributed by atoms with Crippen LogP contribution in [0.1, 0.15) is 32.9 Å². The number of nitrogens with zero attached hydrogens (tertiary/aromatic N) is 3. The number of nitrogens with one attached hydrogen (secondary N) is 1. The number of carbonyl (C=O) groups excluding carboxylic acids is 2. The number of alkyl halides is 6. The minimum absolute atomic E-state index is 0.0854. The average molecular weight is 566 g/mol. The number of amides is 2. The molecule has 0 spiro atoms. The molecule has 40 heavy (non-hydrogen) atoms. The molecule has 0 saturated carbocycles. The minimum atomic E-state index is -4.58. The SMILES string of the molecule is O=C(/C=C/c1ccc(C(F)(F)F)cc1)NCC(=O)N1CCn2nc(C(=O)O)c(-c3ccc(C(F)(F)F)cc3)c2C1. The van der Waals surface area contributed by atoms with Crippen LogP contribution in [-0.4, -0.2) is 50.7 Å². The molecule has 2 N–H and O–H groups in total. The van der Waals surface area contributed by atoms with E-state index in [1.165, 1.54) is 27.8 Å². The number of aromatic nitrogens is 2. The van der Waals surface area contributed by atoms with Gasteiger partial charge in [0.15, 0.2) is 5.69 Å². The molecular formula is C26H20F6N4O4. The number of carbonyl (C=O) groups is 3. The first-order valence-corrected chi connectivity index (χ1v) is 11.7. The molecule has 4 rings (SSSR count). The first-order valence-electron chi connectivity index (χ1n) is 11.7. The summed E-state index contributed by atoms with van der Waals surface area (Å²) in [5.74, 6) is -2.57. The second-order valence-electron chi connectivity index (χ2n) is 8.76. The molecule has 14 heteroatoms. The number of rotatable bonds is 6. The molecule has 3 aromatic rings. The second kappa shape index (κ2) is 10.9. The third-order valence-corrected chi connectivity index (χ3v) is 6.12. The maximum Gasteiger partial charge on any atom is 0.416 e. The molecule has 0 aliphatic carbocycles. The van der Waals surface area contributed by atoms with Crippen LogP contribution in [0.2, 0.25) is 0 Å². The van der Waals surface area contributed by atoms with Crippen LogP contribution < -0.4 is 5.32 Å². The summed E-state index contributed by atoms with van der Waals surface area (Å²) in [5, 5.41) is 16.1. The fraction of sp³-hybridized carbons (Fsp3) is 0.231. The highest BCUT2D eigenvalue weighted by molar-refractivity contribution is 5.96. The van der Waals surface area contributed by atoms with Gasteiger partial charge in [-0.2, -0.15) is 31.4 Å². The number of aromatic carboxylic acids is 1. The van der Waals surface area contributed by atoms with Gasteiger partial charge in [0.25, 0.3) is 0 Å². The maximum absolute atomic E-state index is 13.0. The van der Waals surface area contributed by atoms with E-state index in [2.05, 4.69) is 10.4 Å². The van der Waals surface area contributed by atoms with E-state index in [0.717, 1.165) is 42.5 Å². The van der Waals surface area contributed by atoms with Crippen molar-refractivity contribution < 1.29 is 45.8 Å². The lowest BCUT2D eigenvalue weighted by Gasteiger charge is -2.28. The Hall–Kier alpha value is -4.62. The fourth-order valence-corrected chi connectivity index (χ4v) is 4.10. The number of hydrogen-bond acceptors (Lipinski definition) is 4. The first-order chi connectivity index (χ1) is 18.7. The normalized spacial score (nSPS) is 13.8. The quantitative estimate of drug-likeness (QED) is 0.339. The molecule has 1 aliphatic heterocycles. The van der Waals surface area contributed by atoms with E-state index in [1.807, 2.05) is 0 Å². The van der Waals surface area contributed by atoms with Crippen LogP contribution in [0, 0.1) is 0 Å². The van der Waals surface area contributed by atoms with E-state index in [1.54, 1.807) is 0 Å². The maximum atomic E-state index is 13.0. The zero-order valence-corrected chi connectivity index (χ0v) is 20.4. The van der Waals surface area contributed by atoms with Crippen molar-refractivity contribution in [2.45, 2.75) is 25.4 Å². The molecule has 0 radical (unpaired) electrons. The van der Waals surface area contributed by atoms with E-state index in [0.29, 0.717) is 11.3 Å². The van der Waals surface area contributed by atoms with Gasteiger partial charge in [0, 0.05) is 18.2 Å². The van der Waals surface area contributed by atoms with Crippen LogP contribution in [0.3, 0.4) is 0 Å². The van der Waals surface area contributed by atoms with Gasteiger partial charge in [-0.25, -0.2) is 4.79 Å². The molecule has 2 heterocycles. The first kappa shape index (κ1) is 28.4. The predicted octanol–water partition coefficient (Wildman–Crippen LogP) is 4.46. The average Bonchev–Trinajstić information content (AvgIpc) is 3.29. The van der Waals surface area contributed by atoms with Crippen LogP contribution in [0.25, 0.3) is 17.2 Å². The Morgan fingerprint density at radius 1 is 0.900 bits per heavy atom. The van der Waals surface area contributed by atoms with Crippen LogP contribution in [-0.2, 0) is 35.0 Å². The van der Waals surface area contributed by atoms with E-state index in [-0.39, 0.29) is 36.5 Å². The Labute approximate surface area is 222 Å². The Balaban J connectivity index is 1.43. The van der Waals surface area contributed by atoms with Gasteiger partial charge < -0.3 is 15.3 Å². The predicted molar refractivity (Wildman–Crippen MR) is 129 cm³/mol. The molecule has 2 amide bonds. The zero-order chi connectivity index (χ0) is 29.2. The summed E-state index contributed by atoms with van der Waals surface area (Å²) in [6, 6.07) is 8.04. The van der Waals surface area contributed by atoms with Gasteiger partial charge in [0.2, 0.25) is 11.8 Å². The molecular weight excluding hydrogens is 546 g/mol. The third kappa shape index (κ3) is 6.33. The Kier molecular flexibility index (Phi) is 7.71. The summed E-state index contributed by atoms with van der Waals surface area (Å²) in [6.45, 7) is -0.279. The van der Waals surface area contributed by atoms with Gasteiger partial charge in [-0.3, -0.25) is 14.3 Å². The molecule has 0 saturated heterocycles. The van der Waals surface area contributed by atoms with Crippen molar-refractivity contribution >= 4 is 23.9 Å². The van der Waals surface area contributed by atoms with Crippen molar-refractivity contribution in [2.24, 2.45) is 0 Å². The topological polar surface area (TPSA) is 105 Å². The summed E-state index contributed by atoms with van der Waals surface area (Å²) < 4.78 is 78.3. The van der Waals surface area contributed by atoms with Crippen LogP contribution >= 0.6 is 0 Å². The molecule has 0 atom stereocenters.